The van der Waals surface area contributed by atoms with Gasteiger partial charge in [-0.15, -0.1) is 0 Å². The van der Waals surface area contributed by atoms with Gasteiger partial charge in [-0.1, -0.05) is 0 Å². The quantitative estimate of drug-likeness (QED) is 0.469. The Bertz CT molecular complexity index is 1170. The van der Waals surface area contributed by atoms with Gasteiger partial charge < -0.3 is 19.2 Å². The number of carbonyl (C=O) groups excluding carboxylic acids is 2. The van der Waals surface area contributed by atoms with E-state index in [1.54, 1.807) is 19.1 Å². The molecule has 31 heavy (non-hydrogen) atoms. The molecular formula is C21H16F3NO6. The summed E-state index contributed by atoms with van der Waals surface area (Å²) in [5, 5.41) is 3.03. The molecule has 0 unspecified atom stereocenters. The zero-order valence-corrected chi connectivity index (χ0v) is 16.1. The second kappa shape index (κ2) is 8.90. The zero-order valence-electron chi connectivity index (χ0n) is 16.1. The number of esters is 1. The lowest BCUT2D eigenvalue weighted by molar-refractivity contribution is -0.149. The molecule has 0 aliphatic rings. The third-order valence-electron chi connectivity index (χ3n) is 4.14. The maximum Gasteiger partial charge on any atom is 0.416 e. The predicted octanol–water partition coefficient (Wildman–Crippen LogP) is 3.68. The lowest BCUT2D eigenvalue weighted by Crippen LogP contribution is -2.23. The topological polar surface area (TPSA) is 94.8 Å². The number of anilines is 1. The lowest BCUT2D eigenvalue weighted by Gasteiger charge is -2.10. The van der Waals surface area contributed by atoms with Crippen LogP contribution in [0.5, 0.6) is 5.75 Å². The van der Waals surface area contributed by atoms with Crippen molar-refractivity contribution in [2.45, 2.75) is 13.1 Å². The number of nitrogens with one attached hydrogen (secondary N) is 1. The molecular weight excluding hydrogens is 419 g/mol. The normalized spacial score (nSPS) is 11.2. The Morgan fingerprint density at radius 1 is 1.03 bits per heavy atom. The average molecular weight is 435 g/mol. The molecule has 7 nitrogen and oxygen atoms in total. The van der Waals surface area contributed by atoms with E-state index in [9.17, 15) is 27.6 Å². The summed E-state index contributed by atoms with van der Waals surface area (Å²) >= 11 is 0. The van der Waals surface area contributed by atoms with E-state index in [4.69, 9.17) is 13.9 Å². The van der Waals surface area contributed by atoms with Crippen LogP contribution in [0.1, 0.15) is 11.1 Å². The molecule has 0 saturated heterocycles. The number of benzene rings is 2. The molecule has 1 heterocycles. The number of rotatable bonds is 6. The van der Waals surface area contributed by atoms with Crippen molar-refractivity contribution in [2.75, 3.05) is 18.5 Å². The summed E-state index contributed by atoms with van der Waals surface area (Å²) in [5.41, 5.74) is -0.209. The smallest absolute Gasteiger partial charge is 0.416 e. The first-order valence-corrected chi connectivity index (χ1v) is 8.92. The Hall–Kier alpha value is -3.82. The van der Waals surface area contributed by atoms with Crippen LogP contribution in [0.4, 0.5) is 18.9 Å². The highest BCUT2D eigenvalue weighted by atomic mass is 19.4. The third kappa shape index (κ3) is 5.84. The summed E-state index contributed by atoms with van der Waals surface area (Å²) in [4.78, 5) is 35.0. The predicted molar refractivity (Wildman–Crippen MR) is 104 cm³/mol. The van der Waals surface area contributed by atoms with Crippen LogP contribution in [0.15, 0.2) is 57.7 Å². The standard InChI is InChI=1S/C21H16F3NO6/c1-12-8-19(27)31-17-9-15(6-7-16(12)17)29-11-20(28)30-10-18(26)25-14-4-2-13(3-5-14)21(22,23)24/h2-9H,10-11H2,1H3,(H,25,26). The molecule has 0 saturated carbocycles. The van der Waals surface area contributed by atoms with E-state index >= 15 is 0 Å². The van der Waals surface area contributed by atoms with Gasteiger partial charge in [0.15, 0.2) is 13.2 Å². The molecule has 0 bridgehead atoms. The van der Waals surface area contributed by atoms with Crippen LogP contribution in [0.2, 0.25) is 0 Å². The van der Waals surface area contributed by atoms with Gasteiger partial charge in [0.25, 0.3) is 5.91 Å². The van der Waals surface area contributed by atoms with Gasteiger partial charge in [-0.25, -0.2) is 9.59 Å². The summed E-state index contributed by atoms with van der Waals surface area (Å²) in [6.45, 7) is 0.608. The van der Waals surface area contributed by atoms with E-state index < -0.39 is 42.5 Å². The summed E-state index contributed by atoms with van der Waals surface area (Å²) in [6.07, 6.45) is -4.48. The first-order chi connectivity index (χ1) is 14.6. The number of amides is 1. The number of hydrogen-bond donors (Lipinski definition) is 1. The fraction of sp³-hybridized carbons (Fsp3) is 0.190. The van der Waals surface area contributed by atoms with Gasteiger partial charge in [-0.05, 0) is 48.9 Å². The van der Waals surface area contributed by atoms with Gasteiger partial charge in [-0.3, -0.25) is 4.79 Å². The minimum absolute atomic E-state index is 0.123. The number of fused-ring (bicyclic) bond motifs is 1. The number of aryl methyl sites for hydroxylation is 1. The van der Waals surface area contributed by atoms with Crippen molar-refractivity contribution >= 4 is 28.5 Å². The number of carbonyl (C=O) groups is 2. The molecule has 3 aromatic rings. The van der Waals surface area contributed by atoms with E-state index in [2.05, 4.69) is 5.32 Å². The van der Waals surface area contributed by atoms with E-state index in [1.807, 2.05) is 0 Å². The molecule has 0 fully saturated rings. The fourth-order valence-corrected chi connectivity index (χ4v) is 2.66. The average Bonchev–Trinajstić information content (AvgIpc) is 2.70. The molecule has 162 valence electrons. The monoisotopic (exact) mass is 435 g/mol. The maximum atomic E-state index is 12.5. The Morgan fingerprint density at radius 2 is 1.74 bits per heavy atom. The van der Waals surface area contributed by atoms with Crippen molar-refractivity contribution in [2.24, 2.45) is 0 Å². The zero-order chi connectivity index (χ0) is 22.6. The van der Waals surface area contributed by atoms with Crippen LogP contribution in [0.25, 0.3) is 11.0 Å². The molecule has 0 radical (unpaired) electrons. The number of hydrogen-bond acceptors (Lipinski definition) is 6. The lowest BCUT2D eigenvalue weighted by atomic mass is 10.1. The maximum absolute atomic E-state index is 12.5. The van der Waals surface area contributed by atoms with Crippen molar-refractivity contribution < 1.29 is 36.7 Å². The van der Waals surface area contributed by atoms with Gasteiger partial charge in [0.05, 0.1) is 5.56 Å². The van der Waals surface area contributed by atoms with E-state index in [0.717, 1.165) is 35.2 Å². The number of alkyl halides is 3. The summed E-state index contributed by atoms with van der Waals surface area (Å²) in [7, 11) is 0. The molecule has 3 rings (SSSR count). The molecule has 1 N–H and O–H groups in total. The van der Waals surface area contributed by atoms with Crippen LogP contribution in [0.3, 0.4) is 0 Å². The van der Waals surface area contributed by atoms with Crippen molar-refractivity contribution in [3.05, 3.63) is 70.1 Å². The SMILES string of the molecule is Cc1cc(=O)oc2cc(OCC(=O)OCC(=O)Nc3ccc(C(F)(F)F)cc3)ccc12. The first kappa shape index (κ1) is 21.9. The van der Waals surface area contributed by atoms with Crippen molar-refractivity contribution in [1.82, 2.24) is 0 Å². The first-order valence-electron chi connectivity index (χ1n) is 8.92. The summed E-state index contributed by atoms with van der Waals surface area (Å²) in [6, 6.07) is 9.89. The Kier molecular flexibility index (Phi) is 6.28. The van der Waals surface area contributed by atoms with Crippen LogP contribution >= 0.6 is 0 Å². The van der Waals surface area contributed by atoms with Crippen molar-refractivity contribution in [1.29, 1.82) is 0 Å². The Labute approximate surface area is 173 Å². The van der Waals surface area contributed by atoms with Crippen LogP contribution in [-0.4, -0.2) is 25.1 Å². The summed E-state index contributed by atoms with van der Waals surface area (Å²) < 4.78 is 52.7. The van der Waals surface area contributed by atoms with E-state index in [-0.39, 0.29) is 11.4 Å². The number of ether oxygens (including phenoxy) is 2. The molecule has 0 spiro atoms. The Balaban J connectivity index is 1.48. The fourth-order valence-electron chi connectivity index (χ4n) is 2.66. The number of halogens is 3. The van der Waals surface area contributed by atoms with Gasteiger partial charge in [0.1, 0.15) is 11.3 Å². The largest absolute Gasteiger partial charge is 0.482 e. The molecule has 0 aliphatic heterocycles. The highest BCUT2D eigenvalue weighted by Crippen LogP contribution is 2.29. The van der Waals surface area contributed by atoms with Crippen molar-refractivity contribution in [3.63, 3.8) is 0 Å². The van der Waals surface area contributed by atoms with E-state index in [0.29, 0.717) is 5.58 Å². The minimum Gasteiger partial charge on any atom is -0.482 e. The van der Waals surface area contributed by atoms with E-state index in [1.165, 1.54) is 12.1 Å². The highest BCUT2D eigenvalue weighted by molar-refractivity contribution is 5.92. The molecule has 1 aromatic heterocycles. The second-order valence-electron chi connectivity index (χ2n) is 6.48. The summed E-state index contributed by atoms with van der Waals surface area (Å²) in [5.74, 6) is -1.31. The molecule has 1 amide bonds. The highest BCUT2D eigenvalue weighted by Gasteiger charge is 2.30. The van der Waals surface area contributed by atoms with Gasteiger partial charge >= 0.3 is 17.8 Å². The van der Waals surface area contributed by atoms with Crippen molar-refractivity contribution in [3.8, 4) is 5.75 Å². The van der Waals surface area contributed by atoms with Gasteiger partial charge in [0.2, 0.25) is 0 Å². The molecule has 2 aromatic carbocycles. The Morgan fingerprint density at radius 3 is 2.42 bits per heavy atom. The molecule has 0 atom stereocenters. The molecule has 0 aliphatic carbocycles. The second-order valence-corrected chi connectivity index (χ2v) is 6.48. The van der Waals surface area contributed by atoms with Gasteiger partial charge in [0, 0.05) is 23.2 Å². The van der Waals surface area contributed by atoms with Gasteiger partial charge in [-0.2, -0.15) is 13.2 Å². The van der Waals surface area contributed by atoms with Crippen LogP contribution in [0, 0.1) is 6.92 Å². The van der Waals surface area contributed by atoms with Crippen LogP contribution < -0.4 is 15.7 Å². The van der Waals surface area contributed by atoms with Crippen LogP contribution in [-0.2, 0) is 20.5 Å². The third-order valence-corrected chi connectivity index (χ3v) is 4.14. The minimum atomic E-state index is -4.48. The molecule has 10 heteroatoms.